The van der Waals surface area contributed by atoms with Gasteiger partial charge in [-0.1, -0.05) is 18.2 Å². The van der Waals surface area contributed by atoms with Gasteiger partial charge in [0.05, 0.1) is 15.9 Å². The predicted molar refractivity (Wildman–Crippen MR) is 96.0 cm³/mol. The van der Waals surface area contributed by atoms with Crippen molar-refractivity contribution in [1.82, 2.24) is 13.9 Å². The Hall–Kier alpha value is -2.45. The lowest BCUT2D eigenvalue weighted by atomic mass is 10.1. The van der Waals surface area contributed by atoms with Crippen molar-refractivity contribution >= 4 is 21.1 Å². The number of nitrogens with zero attached hydrogens (tertiary/aromatic N) is 2. The zero-order valence-corrected chi connectivity index (χ0v) is 14.7. The summed E-state index contributed by atoms with van der Waals surface area (Å²) < 4.78 is 41.8. The molecule has 8 heteroatoms. The molecule has 0 spiro atoms. The SMILES string of the molecule is O=c1[nH]c2ccccc2n1C1CCN(S(=O)(=O)c2cccc(F)c2)CC1. The first-order valence-corrected chi connectivity index (χ1v) is 9.86. The highest BCUT2D eigenvalue weighted by atomic mass is 32.2. The summed E-state index contributed by atoms with van der Waals surface area (Å²) in [5.41, 5.74) is 1.41. The molecule has 0 amide bonds. The molecule has 0 atom stereocenters. The molecule has 1 saturated heterocycles. The maximum atomic E-state index is 13.4. The van der Waals surface area contributed by atoms with Crippen LogP contribution >= 0.6 is 0 Å². The molecule has 1 aliphatic rings. The molecule has 3 aromatic rings. The van der Waals surface area contributed by atoms with Gasteiger partial charge >= 0.3 is 5.69 Å². The van der Waals surface area contributed by atoms with Gasteiger partial charge in [-0.25, -0.2) is 17.6 Å². The van der Waals surface area contributed by atoms with Crippen LogP contribution in [0.3, 0.4) is 0 Å². The Morgan fingerprint density at radius 1 is 1.04 bits per heavy atom. The Balaban J connectivity index is 1.57. The van der Waals surface area contributed by atoms with E-state index in [9.17, 15) is 17.6 Å². The average molecular weight is 375 g/mol. The number of para-hydroxylation sites is 2. The smallest absolute Gasteiger partial charge is 0.306 e. The Kier molecular flexibility index (Phi) is 4.16. The average Bonchev–Trinajstić information content (AvgIpc) is 2.97. The normalized spacial score (nSPS) is 17.0. The number of sulfonamides is 1. The summed E-state index contributed by atoms with van der Waals surface area (Å²) in [4.78, 5) is 15.1. The molecule has 0 radical (unpaired) electrons. The number of H-pyrrole nitrogens is 1. The second-order valence-electron chi connectivity index (χ2n) is 6.41. The fraction of sp³-hybridized carbons (Fsp3) is 0.278. The first-order valence-electron chi connectivity index (χ1n) is 8.42. The first kappa shape index (κ1) is 17.0. The third kappa shape index (κ3) is 2.85. The number of benzene rings is 2. The van der Waals surface area contributed by atoms with E-state index in [1.165, 1.54) is 22.5 Å². The first-order chi connectivity index (χ1) is 12.5. The topological polar surface area (TPSA) is 75.2 Å². The van der Waals surface area contributed by atoms with Crippen molar-refractivity contribution in [2.75, 3.05) is 13.1 Å². The van der Waals surface area contributed by atoms with Crippen molar-refractivity contribution in [2.24, 2.45) is 0 Å². The van der Waals surface area contributed by atoms with Crippen molar-refractivity contribution in [1.29, 1.82) is 0 Å². The zero-order chi connectivity index (χ0) is 18.3. The number of imidazole rings is 1. The van der Waals surface area contributed by atoms with Gasteiger partial charge in [-0.05, 0) is 43.2 Å². The minimum Gasteiger partial charge on any atom is -0.306 e. The molecule has 26 heavy (non-hydrogen) atoms. The van der Waals surface area contributed by atoms with Crippen LogP contribution < -0.4 is 5.69 Å². The van der Waals surface area contributed by atoms with Crippen LogP contribution in [0.2, 0.25) is 0 Å². The summed E-state index contributed by atoms with van der Waals surface area (Å²) in [5, 5.41) is 0. The number of rotatable bonds is 3. The van der Waals surface area contributed by atoms with Crippen molar-refractivity contribution in [3.8, 4) is 0 Å². The third-order valence-corrected chi connectivity index (χ3v) is 6.74. The molecule has 1 aromatic heterocycles. The summed E-state index contributed by atoms with van der Waals surface area (Å²) in [7, 11) is -3.73. The van der Waals surface area contributed by atoms with Crippen LogP contribution in [0.4, 0.5) is 4.39 Å². The molecule has 1 N–H and O–H groups in total. The van der Waals surface area contributed by atoms with Gasteiger partial charge in [-0.15, -0.1) is 0 Å². The van der Waals surface area contributed by atoms with E-state index in [2.05, 4.69) is 4.98 Å². The molecule has 1 aliphatic heterocycles. The van der Waals surface area contributed by atoms with Crippen LogP contribution in [0.5, 0.6) is 0 Å². The Morgan fingerprint density at radius 2 is 1.77 bits per heavy atom. The van der Waals surface area contributed by atoms with Crippen molar-refractivity contribution in [2.45, 2.75) is 23.8 Å². The number of hydrogen-bond donors (Lipinski definition) is 1. The van der Waals surface area contributed by atoms with Crippen LogP contribution in [0, 0.1) is 5.82 Å². The van der Waals surface area contributed by atoms with Gasteiger partial charge < -0.3 is 4.98 Å². The molecule has 136 valence electrons. The molecule has 0 unspecified atom stereocenters. The van der Waals surface area contributed by atoms with E-state index in [1.807, 2.05) is 24.3 Å². The molecule has 2 heterocycles. The van der Waals surface area contributed by atoms with E-state index < -0.39 is 15.8 Å². The quantitative estimate of drug-likeness (QED) is 0.764. The maximum absolute atomic E-state index is 13.4. The number of halogens is 1. The highest BCUT2D eigenvalue weighted by molar-refractivity contribution is 7.89. The van der Waals surface area contributed by atoms with Gasteiger partial charge in [-0.3, -0.25) is 4.57 Å². The number of aromatic amines is 1. The molecule has 2 aromatic carbocycles. The Labute approximate surface area is 149 Å². The van der Waals surface area contributed by atoms with Gasteiger partial charge in [0.25, 0.3) is 0 Å². The van der Waals surface area contributed by atoms with E-state index in [-0.39, 0.29) is 29.7 Å². The second kappa shape index (κ2) is 6.37. The molecule has 0 saturated carbocycles. The van der Waals surface area contributed by atoms with Gasteiger partial charge in [0.15, 0.2) is 0 Å². The number of piperidine rings is 1. The number of hydrogen-bond acceptors (Lipinski definition) is 3. The van der Waals surface area contributed by atoms with Crippen molar-refractivity contribution in [3.05, 3.63) is 64.8 Å². The number of nitrogens with one attached hydrogen (secondary N) is 1. The third-order valence-electron chi connectivity index (χ3n) is 4.85. The summed E-state index contributed by atoms with van der Waals surface area (Å²) in [6, 6.07) is 12.4. The Bertz CT molecular complexity index is 1110. The summed E-state index contributed by atoms with van der Waals surface area (Å²) in [5.74, 6) is -0.577. The molecule has 1 fully saturated rings. The van der Waals surface area contributed by atoms with Crippen LogP contribution in [-0.2, 0) is 10.0 Å². The van der Waals surface area contributed by atoms with E-state index in [0.29, 0.717) is 12.8 Å². The van der Waals surface area contributed by atoms with Gasteiger partial charge in [0, 0.05) is 19.1 Å². The second-order valence-corrected chi connectivity index (χ2v) is 8.35. The summed E-state index contributed by atoms with van der Waals surface area (Å²) in [6.45, 7) is 0.574. The van der Waals surface area contributed by atoms with E-state index >= 15 is 0 Å². The van der Waals surface area contributed by atoms with Gasteiger partial charge in [0.2, 0.25) is 10.0 Å². The number of fused-ring (bicyclic) bond motifs is 1. The van der Waals surface area contributed by atoms with Crippen molar-refractivity contribution in [3.63, 3.8) is 0 Å². The molecule has 0 aliphatic carbocycles. The van der Waals surface area contributed by atoms with Crippen LogP contribution in [0.25, 0.3) is 11.0 Å². The summed E-state index contributed by atoms with van der Waals surface area (Å²) >= 11 is 0. The van der Waals surface area contributed by atoms with Crippen molar-refractivity contribution < 1.29 is 12.8 Å². The molecule has 4 rings (SSSR count). The minimum absolute atomic E-state index is 0.0415. The predicted octanol–water partition coefficient (Wildman–Crippen LogP) is 2.49. The van der Waals surface area contributed by atoms with E-state index in [4.69, 9.17) is 0 Å². The lowest BCUT2D eigenvalue weighted by molar-refractivity contribution is 0.274. The van der Waals surface area contributed by atoms with Crippen LogP contribution in [-0.4, -0.2) is 35.4 Å². The van der Waals surface area contributed by atoms with Gasteiger partial charge in [0.1, 0.15) is 5.82 Å². The lowest BCUT2D eigenvalue weighted by Gasteiger charge is -2.31. The van der Waals surface area contributed by atoms with E-state index in [1.54, 1.807) is 4.57 Å². The highest BCUT2D eigenvalue weighted by Gasteiger charge is 2.31. The molecule has 6 nitrogen and oxygen atoms in total. The fourth-order valence-corrected chi connectivity index (χ4v) is 5.06. The van der Waals surface area contributed by atoms with E-state index in [0.717, 1.165) is 17.1 Å². The maximum Gasteiger partial charge on any atom is 0.326 e. The Morgan fingerprint density at radius 3 is 2.50 bits per heavy atom. The minimum atomic E-state index is -3.73. The zero-order valence-electron chi connectivity index (χ0n) is 13.9. The highest BCUT2D eigenvalue weighted by Crippen LogP contribution is 2.28. The lowest BCUT2D eigenvalue weighted by Crippen LogP contribution is -2.40. The summed E-state index contributed by atoms with van der Waals surface area (Å²) in [6.07, 6.45) is 1.05. The standard InChI is InChI=1S/C18H18FN3O3S/c19-13-4-3-5-15(12-13)26(24,25)21-10-8-14(9-11-21)22-17-7-2-1-6-16(17)20-18(22)23/h1-7,12,14H,8-11H2,(H,20,23). The largest absolute Gasteiger partial charge is 0.326 e. The fourth-order valence-electron chi connectivity index (χ4n) is 3.55. The molecular weight excluding hydrogens is 357 g/mol. The van der Waals surface area contributed by atoms with Gasteiger partial charge in [-0.2, -0.15) is 4.31 Å². The van der Waals surface area contributed by atoms with Crippen LogP contribution in [0.1, 0.15) is 18.9 Å². The monoisotopic (exact) mass is 375 g/mol. The molecular formula is C18H18FN3O3S. The molecule has 0 bridgehead atoms. The number of aromatic nitrogens is 2. The van der Waals surface area contributed by atoms with Crippen LogP contribution in [0.15, 0.2) is 58.2 Å².